The molecule has 0 spiro atoms. The maximum Gasteiger partial charge on any atom is 0.251 e. The van der Waals surface area contributed by atoms with E-state index in [1.165, 1.54) is 10.4 Å². The molecule has 0 aliphatic carbocycles. The minimum atomic E-state index is -3.62. The van der Waals surface area contributed by atoms with Gasteiger partial charge in [-0.2, -0.15) is 4.31 Å². The molecule has 3 rings (SSSR count). The van der Waals surface area contributed by atoms with Crippen molar-refractivity contribution in [3.05, 3.63) is 46.1 Å². The topological polar surface area (TPSA) is 122 Å². The van der Waals surface area contributed by atoms with Crippen LogP contribution in [0, 0.1) is 27.7 Å². The zero-order chi connectivity index (χ0) is 24.3. The highest BCUT2D eigenvalue weighted by Gasteiger charge is 2.27. The van der Waals surface area contributed by atoms with Crippen molar-refractivity contribution < 1.29 is 18.0 Å². The number of thioether (sulfide) groups is 1. The molecule has 1 aromatic heterocycles. The summed E-state index contributed by atoms with van der Waals surface area (Å²) in [5.74, 6) is -0.924. The first-order valence-corrected chi connectivity index (χ1v) is 13.3. The summed E-state index contributed by atoms with van der Waals surface area (Å²) in [5, 5.41) is 3.17. The Morgan fingerprint density at radius 3 is 2.39 bits per heavy atom. The normalized spacial score (nSPS) is 14.8. The zero-order valence-electron chi connectivity index (χ0n) is 19.4. The van der Waals surface area contributed by atoms with Crippen molar-refractivity contribution in [1.29, 1.82) is 0 Å². The van der Waals surface area contributed by atoms with Gasteiger partial charge in [0.05, 0.1) is 16.2 Å². The number of primary amides is 1. The van der Waals surface area contributed by atoms with E-state index in [0.717, 1.165) is 47.8 Å². The summed E-state index contributed by atoms with van der Waals surface area (Å²) in [7, 11) is -3.62. The average Bonchev–Trinajstić information content (AvgIpc) is 2.77. The second kappa shape index (κ2) is 10.2. The van der Waals surface area contributed by atoms with Gasteiger partial charge in [0.2, 0.25) is 15.9 Å². The molecule has 3 N–H and O–H groups in total. The van der Waals surface area contributed by atoms with E-state index in [2.05, 4.69) is 10.3 Å². The fourth-order valence-electron chi connectivity index (χ4n) is 3.84. The summed E-state index contributed by atoms with van der Waals surface area (Å²) >= 11 is 1.12. The van der Waals surface area contributed by atoms with Crippen molar-refractivity contribution >= 4 is 39.3 Å². The van der Waals surface area contributed by atoms with Gasteiger partial charge in [0.15, 0.2) is 0 Å². The van der Waals surface area contributed by atoms with Crippen molar-refractivity contribution in [1.82, 2.24) is 9.29 Å². The van der Waals surface area contributed by atoms with E-state index in [0.29, 0.717) is 34.9 Å². The van der Waals surface area contributed by atoms with E-state index < -0.39 is 15.9 Å². The highest BCUT2D eigenvalue weighted by Crippen LogP contribution is 2.28. The number of carbonyl (C=O) groups excluding carboxylic acids is 2. The molecule has 1 aromatic carbocycles. The third kappa shape index (κ3) is 5.56. The molecule has 1 aliphatic rings. The van der Waals surface area contributed by atoms with Crippen LogP contribution in [0.4, 0.5) is 5.69 Å². The van der Waals surface area contributed by atoms with Crippen LogP contribution >= 0.6 is 11.8 Å². The number of pyridine rings is 1. The molecule has 178 valence electrons. The number of anilines is 1. The molecular weight excluding hydrogens is 460 g/mol. The fourth-order valence-corrected chi connectivity index (χ4v) is 6.54. The van der Waals surface area contributed by atoms with Crippen LogP contribution in [0.15, 0.2) is 28.1 Å². The highest BCUT2D eigenvalue weighted by atomic mass is 32.2. The molecule has 1 aliphatic heterocycles. The third-order valence-corrected chi connectivity index (χ3v) is 8.97. The van der Waals surface area contributed by atoms with E-state index in [4.69, 9.17) is 5.73 Å². The lowest BCUT2D eigenvalue weighted by molar-refractivity contribution is -0.113. The summed E-state index contributed by atoms with van der Waals surface area (Å²) in [5.41, 5.74) is 9.31. The van der Waals surface area contributed by atoms with Crippen LogP contribution in [0.2, 0.25) is 0 Å². The fraction of sp³-hybridized carbons (Fsp3) is 0.435. The Morgan fingerprint density at radius 2 is 1.76 bits per heavy atom. The van der Waals surface area contributed by atoms with Crippen LogP contribution in [-0.4, -0.2) is 48.4 Å². The molecule has 2 aromatic rings. The second-order valence-corrected chi connectivity index (χ2v) is 11.1. The standard InChI is InChI=1S/C23H30N4O4S2/c1-14-8-9-18(12-19(14)33(30,31)27-10-6-5-7-11-27)26-20(28)13-32-23-21(22(24)29)16(3)15(2)17(4)25-23/h8-9,12H,5-7,10-11,13H2,1-4H3,(H2,24,29)(H,26,28). The number of sulfonamides is 1. The minimum absolute atomic E-state index is 0.00267. The summed E-state index contributed by atoms with van der Waals surface area (Å²) in [6.45, 7) is 8.30. The molecule has 0 radical (unpaired) electrons. The van der Waals surface area contributed by atoms with E-state index in [9.17, 15) is 18.0 Å². The lowest BCUT2D eigenvalue weighted by Gasteiger charge is -2.26. The summed E-state index contributed by atoms with van der Waals surface area (Å²) in [4.78, 5) is 29.2. The average molecular weight is 491 g/mol. The Balaban J connectivity index is 1.76. The van der Waals surface area contributed by atoms with Gasteiger partial charge < -0.3 is 11.1 Å². The summed E-state index contributed by atoms with van der Waals surface area (Å²) in [6.07, 6.45) is 2.74. The number of nitrogens with zero attached hydrogens (tertiary/aromatic N) is 2. The lowest BCUT2D eigenvalue weighted by Crippen LogP contribution is -2.36. The van der Waals surface area contributed by atoms with E-state index in [1.807, 2.05) is 20.8 Å². The molecule has 0 bridgehead atoms. The van der Waals surface area contributed by atoms with Crippen molar-refractivity contribution in [2.75, 3.05) is 24.2 Å². The Morgan fingerprint density at radius 1 is 1.09 bits per heavy atom. The van der Waals surface area contributed by atoms with Gasteiger partial charge in [-0.25, -0.2) is 13.4 Å². The van der Waals surface area contributed by atoms with Gasteiger partial charge in [0, 0.05) is 24.5 Å². The zero-order valence-corrected chi connectivity index (χ0v) is 21.0. The SMILES string of the molecule is Cc1ccc(NC(=O)CSc2nc(C)c(C)c(C)c2C(N)=O)cc1S(=O)(=O)N1CCCCC1. The predicted octanol–water partition coefficient (Wildman–Crippen LogP) is 3.32. The number of rotatable bonds is 7. The first-order chi connectivity index (χ1) is 15.5. The smallest absolute Gasteiger partial charge is 0.251 e. The van der Waals surface area contributed by atoms with Gasteiger partial charge in [-0.05, 0) is 69.4 Å². The molecule has 0 atom stereocenters. The predicted molar refractivity (Wildman–Crippen MR) is 130 cm³/mol. The van der Waals surface area contributed by atoms with Crippen LogP contribution < -0.4 is 11.1 Å². The van der Waals surface area contributed by atoms with Crippen molar-refractivity contribution in [2.24, 2.45) is 5.73 Å². The van der Waals surface area contributed by atoms with Gasteiger partial charge in [-0.3, -0.25) is 9.59 Å². The largest absolute Gasteiger partial charge is 0.366 e. The van der Waals surface area contributed by atoms with Gasteiger partial charge in [0.25, 0.3) is 5.91 Å². The molecule has 2 heterocycles. The first-order valence-electron chi connectivity index (χ1n) is 10.8. The van der Waals surface area contributed by atoms with Crippen LogP contribution in [-0.2, 0) is 14.8 Å². The number of carbonyl (C=O) groups is 2. The Bertz CT molecular complexity index is 1190. The Labute approximate surface area is 199 Å². The highest BCUT2D eigenvalue weighted by molar-refractivity contribution is 8.00. The molecule has 33 heavy (non-hydrogen) atoms. The molecular formula is C23H30N4O4S2. The molecule has 10 heteroatoms. The van der Waals surface area contributed by atoms with E-state index >= 15 is 0 Å². The number of amides is 2. The van der Waals surface area contributed by atoms with Crippen molar-refractivity contribution in [3.63, 3.8) is 0 Å². The third-order valence-electron chi connectivity index (χ3n) is 5.95. The number of hydrogen-bond acceptors (Lipinski definition) is 6. The molecule has 0 saturated carbocycles. The number of hydrogen-bond donors (Lipinski definition) is 2. The quantitative estimate of drug-likeness (QED) is 0.574. The van der Waals surface area contributed by atoms with E-state index in [1.54, 1.807) is 19.1 Å². The Kier molecular flexibility index (Phi) is 7.81. The van der Waals surface area contributed by atoms with Crippen molar-refractivity contribution in [3.8, 4) is 0 Å². The number of piperidine rings is 1. The number of benzene rings is 1. The first kappa shape index (κ1) is 25.2. The van der Waals surface area contributed by atoms with Crippen LogP contribution in [0.1, 0.15) is 52.0 Å². The van der Waals surface area contributed by atoms with Gasteiger partial charge in [-0.15, -0.1) is 0 Å². The molecule has 1 fully saturated rings. The van der Waals surface area contributed by atoms with Gasteiger partial charge >= 0.3 is 0 Å². The second-order valence-electron chi connectivity index (χ2n) is 8.27. The molecule has 0 unspecified atom stereocenters. The molecule has 1 saturated heterocycles. The Hall–Kier alpha value is -2.43. The van der Waals surface area contributed by atoms with Crippen LogP contribution in [0.5, 0.6) is 0 Å². The number of aryl methyl sites for hydroxylation is 2. The maximum absolute atomic E-state index is 13.1. The number of nitrogens with one attached hydrogen (secondary N) is 1. The van der Waals surface area contributed by atoms with Gasteiger partial charge in [-0.1, -0.05) is 24.2 Å². The van der Waals surface area contributed by atoms with Crippen molar-refractivity contribution in [2.45, 2.75) is 56.9 Å². The number of aromatic nitrogens is 1. The monoisotopic (exact) mass is 490 g/mol. The van der Waals surface area contributed by atoms with Crippen LogP contribution in [0.25, 0.3) is 0 Å². The van der Waals surface area contributed by atoms with Crippen LogP contribution in [0.3, 0.4) is 0 Å². The minimum Gasteiger partial charge on any atom is -0.366 e. The summed E-state index contributed by atoms with van der Waals surface area (Å²) < 4.78 is 27.7. The summed E-state index contributed by atoms with van der Waals surface area (Å²) in [6, 6.07) is 4.88. The maximum atomic E-state index is 13.1. The number of nitrogens with two attached hydrogens (primary N) is 1. The molecule has 8 nitrogen and oxygen atoms in total. The van der Waals surface area contributed by atoms with Gasteiger partial charge in [0.1, 0.15) is 5.03 Å². The lowest BCUT2D eigenvalue weighted by atomic mass is 10.0. The molecule has 2 amide bonds. The van der Waals surface area contributed by atoms with E-state index in [-0.39, 0.29) is 16.6 Å².